The van der Waals surface area contributed by atoms with E-state index in [2.05, 4.69) is 27.1 Å². The molecule has 1 fully saturated rings. The second kappa shape index (κ2) is 7.84. The Morgan fingerprint density at radius 1 is 1.11 bits per heavy atom. The molecule has 1 saturated heterocycles. The topological polar surface area (TPSA) is 64.3 Å². The van der Waals surface area contributed by atoms with Gasteiger partial charge in [-0.15, -0.1) is 0 Å². The largest absolute Gasteiger partial charge is 0.381 e. The molecule has 4 rings (SSSR count). The first-order chi connectivity index (χ1) is 13.2. The van der Waals surface area contributed by atoms with Crippen molar-refractivity contribution in [3.05, 3.63) is 59.8 Å². The fourth-order valence-electron chi connectivity index (χ4n) is 3.21. The Hall–Kier alpha value is -2.80. The van der Waals surface area contributed by atoms with Crippen molar-refractivity contribution in [3.63, 3.8) is 0 Å². The number of halogens is 1. The highest BCUT2D eigenvalue weighted by Crippen LogP contribution is 2.23. The summed E-state index contributed by atoms with van der Waals surface area (Å²) < 4.78 is 23.8. The lowest BCUT2D eigenvalue weighted by molar-refractivity contribution is 0.0853. The number of rotatable bonds is 5. The van der Waals surface area contributed by atoms with Gasteiger partial charge in [0.1, 0.15) is 11.6 Å². The summed E-state index contributed by atoms with van der Waals surface area (Å²) in [4.78, 5) is 11.2. The van der Waals surface area contributed by atoms with Gasteiger partial charge in [-0.05, 0) is 42.7 Å². The second-order valence-electron chi connectivity index (χ2n) is 6.68. The van der Waals surface area contributed by atoms with Gasteiger partial charge in [0.15, 0.2) is 5.82 Å². The van der Waals surface area contributed by atoms with Crippen LogP contribution in [-0.4, -0.2) is 41.4 Å². The molecule has 0 amide bonds. The smallest absolute Gasteiger partial charge is 0.259 e. The molecule has 0 spiro atoms. The highest BCUT2D eigenvalue weighted by atomic mass is 19.1. The van der Waals surface area contributed by atoms with E-state index in [1.54, 1.807) is 18.3 Å². The van der Waals surface area contributed by atoms with Gasteiger partial charge >= 0.3 is 0 Å². The van der Waals surface area contributed by atoms with Gasteiger partial charge < -0.3 is 14.2 Å². The Balaban J connectivity index is 1.44. The lowest BCUT2D eigenvalue weighted by Crippen LogP contribution is -2.37. The molecule has 0 N–H and O–H groups in total. The van der Waals surface area contributed by atoms with Gasteiger partial charge in [0.2, 0.25) is 0 Å². The molecule has 0 atom stereocenters. The van der Waals surface area contributed by atoms with Crippen LogP contribution in [0.2, 0.25) is 0 Å². The molecule has 2 aromatic heterocycles. The first-order valence-electron chi connectivity index (χ1n) is 9.03. The zero-order valence-electron chi connectivity index (χ0n) is 15.1. The predicted molar refractivity (Wildman–Crippen MR) is 99.0 cm³/mol. The van der Waals surface area contributed by atoms with E-state index in [4.69, 9.17) is 9.26 Å². The molecule has 1 aromatic carbocycles. The van der Waals surface area contributed by atoms with E-state index in [9.17, 15) is 4.39 Å². The van der Waals surface area contributed by atoms with Crippen LogP contribution < -0.4 is 4.90 Å². The monoisotopic (exact) mass is 368 g/mol. The normalized spacial score (nSPS) is 15.0. The van der Waals surface area contributed by atoms with Gasteiger partial charge in [-0.3, -0.25) is 0 Å². The van der Waals surface area contributed by atoms with E-state index in [1.807, 2.05) is 12.1 Å². The van der Waals surface area contributed by atoms with Gasteiger partial charge in [0.25, 0.3) is 5.89 Å². The van der Waals surface area contributed by atoms with Crippen LogP contribution in [-0.2, 0) is 11.2 Å². The molecule has 1 aliphatic heterocycles. The number of pyridine rings is 1. The van der Waals surface area contributed by atoms with Crippen molar-refractivity contribution in [2.75, 3.05) is 25.2 Å². The quantitative estimate of drug-likeness (QED) is 0.687. The maximum Gasteiger partial charge on any atom is 0.259 e. The molecule has 1 aliphatic rings. The average molecular weight is 368 g/mol. The summed E-state index contributed by atoms with van der Waals surface area (Å²) in [6.07, 6.45) is 4.26. The summed E-state index contributed by atoms with van der Waals surface area (Å²) in [7, 11) is 2.06. The molecular formula is C20H21FN4O2. The highest BCUT2D eigenvalue weighted by Gasteiger charge is 2.20. The molecular weight excluding hydrogens is 347 g/mol. The number of anilines is 1. The maximum absolute atomic E-state index is 13.0. The number of ether oxygens (including phenoxy) is 1. The van der Waals surface area contributed by atoms with Crippen LogP contribution in [0.15, 0.2) is 47.1 Å². The van der Waals surface area contributed by atoms with Crippen LogP contribution in [0, 0.1) is 5.82 Å². The van der Waals surface area contributed by atoms with Crippen molar-refractivity contribution in [3.8, 4) is 11.5 Å². The van der Waals surface area contributed by atoms with E-state index < -0.39 is 0 Å². The zero-order chi connectivity index (χ0) is 18.6. The minimum Gasteiger partial charge on any atom is -0.381 e. The second-order valence-corrected chi connectivity index (χ2v) is 6.68. The van der Waals surface area contributed by atoms with E-state index >= 15 is 0 Å². The number of nitrogens with zero attached hydrogens (tertiary/aromatic N) is 4. The van der Waals surface area contributed by atoms with Crippen molar-refractivity contribution in [1.29, 1.82) is 0 Å². The Kier molecular flexibility index (Phi) is 5.11. The molecule has 0 saturated carbocycles. The van der Waals surface area contributed by atoms with E-state index in [0.717, 1.165) is 43.0 Å². The van der Waals surface area contributed by atoms with Crippen molar-refractivity contribution in [2.24, 2.45) is 0 Å². The third kappa shape index (κ3) is 4.14. The van der Waals surface area contributed by atoms with Gasteiger partial charge in [-0.25, -0.2) is 9.37 Å². The summed E-state index contributed by atoms with van der Waals surface area (Å²) in [6, 6.07) is 10.6. The first-order valence-corrected chi connectivity index (χ1v) is 9.03. The van der Waals surface area contributed by atoms with Crippen LogP contribution in [0.4, 0.5) is 10.2 Å². The molecule has 0 aliphatic carbocycles. The highest BCUT2D eigenvalue weighted by molar-refractivity contribution is 5.54. The fraction of sp³-hybridized carbons (Fsp3) is 0.350. The molecule has 7 heteroatoms. The van der Waals surface area contributed by atoms with Crippen molar-refractivity contribution in [1.82, 2.24) is 15.1 Å². The zero-order valence-corrected chi connectivity index (χ0v) is 15.1. The minimum absolute atomic E-state index is 0.260. The summed E-state index contributed by atoms with van der Waals surface area (Å²) in [6.45, 7) is 1.60. The lowest BCUT2D eigenvalue weighted by atomic mass is 10.1. The Morgan fingerprint density at radius 3 is 2.59 bits per heavy atom. The van der Waals surface area contributed by atoms with Crippen LogP contribution in [0.1, 0.15) is 24.2 Å². The average Bonchev–Trinajstić information content (AvgIpc) is 3.18. The lowest BCUT2D eigenvalue weighted by Gasteiger charge is -2.32. The Bertz CT molecular complexity index is 874. The Morgan fingerprint density at radius 2 is 1.89 bits per heavy atom. The first kappa shape index (κ1) is 17.6. The molecule has 3 aromatic rings. The SMILES string of the molecule is CN(c1ccc(-c2nc(Cc3ccc(F)cc3)no2)cn1)C1CCOCC1. The molecule has 27 heavy (non-hydrogen) atoms. The van der Waals surface area contributed by atoms with Crippen molar-refractivity contribution >= 4 is 5.82 Å². The van der Waals surface area contributed by atoms with Crippen LogP contribution >= 0.6 is 0 Å². The van der Waals surface area contributed by atoms with E-state index in [1.165, 1.54) is 12.1 Å². The van der Waals surface area contributed by atoms with Gasteiger partial charge in [0.05, 0.1) is 5.56 Å². The molecule has 0 radical (unpaired) electrons. The fourth-order valence-corrected chi connectivity index (χ4v) is 3.21. The molecule has 3 heterocycles. The molecule has 0 bridgehead atoms. The van der Waals surface area contributed by atoms with E-state index in [-0.39, 0.29) is 5.82 Å². The maximum atomic E-state index is 13.0. The molecule has 6 nitrogen and oxygen atoms in total. The third-order valence-electron chi connectivity index (χ3n) is 4.84. The standard InChI is InChI=1S/C20H21FN4O2/c1-25(17-8-10-26-11-9-17)19-7-4-15(13-22-19)20-23-18(24-27-20)12-14-2-5-16(21)6-3-14/h2-7,13,17H,8-12H2,1H3. The van der Waals surface area contributed by atoms with Gasteiger partial charge in [-0.1, -0.05) is 17.3 Å². The number of hydrogen-bond donors (Lipinski definition) is 0. The summed E-state index contributed by atoms with van der Waals surface area (Å²) >= 11 is 0. The summed E-state index contributed by atoms with van der Waals surface area (Å²) in [5.41, 5.74) is 1.70. The number of aromatic nitrogens is 3. The van der Waals surface area contributed by atoms with Crippen LogP contribution in [0.5, 0.6) is 0 Å². The van der Waals surface area contributed by atoms with Crippen molar-refractivity contribution in [2.45, 2.75) is 25.3 Å². The van der Waals surface area contributed by atoms with Crippen molar-refractivity contribution < 1.29 is 13.7 Å². The number of benzene rings is 1. The summed E-state index contributed by atoms with van der Waals surface area (Å²) in [5.74, 6) is 1.64. The third-order valence-corrected chi connectivity index (χ3v) is 4.84. The van der Waals surface area contributed by atoms with Gasteiger partial charge in [0, 0.05) is 38.9 Å². The minimum atomic E-state index is -0.260. The molecule has 0 unspecified atom stereocenters. The van der Waals surface area contributed by atoms with Gasteiger partial charge in [-0.2, -0.15) is 4.98 Å². The number of hydrogen-bond acceptors (Lipinski definition) is 6. The predicted octanol–water partition coefficient (Wildman–Crippen LogP) is 3.48. The molecule has 140 valence electrons. The van der Waals surface area contributed by atoms with Crippen LogP contribution in [0.3, 0.4) is 0 Å². The summed E-state index contributed by atoms with van der Waals surface area (Å²) in [5, 5.41) is 4.01. The Labute approximate surface area is 157 Å². The van der Waals surface area contributed by atoms with Crippen LogP contribution in [0.25, 0.3) is 11.5 Å². The van der Waals surface area contributed by atoms with E-state index in [0.29, 0.717) is 24.2 Å².